The van der Waals surface area contributed by atoms with Crippen LogP contribution in [0.25, 0.3) is 34.2 Å². The minimum atomic E-state index is 0.0385. The van der Waals surface area contributed by atoms with Gasteiger partial charge in [0.05, 0.1) is 11.1 Å². The maximum absolute atomic E-state index is 6.29. The van der Waals surface area contributed by atoms with Crippen LogP contribution in [-0.2, 0) is 0 Å². The fraction of sp³-hybridized carbons (Fsp3) is 0.167. The molecule has 0 unspecified atom stereocenters. The summed E-state index contributed by atoms with van der Waals surface area (Å²) in [6.45, 7) is 3.89. The van der Waals surface area contributed by atoms with Crippen LogP contribution in [0.1, 0.15) is 13.8 Å². The zero-order valence-electron chi connectivity index (χ0n) is 14.5. The van der Waals surface area contributed by atoms with E-state index in [-0.39, 0.29) is 6.10 Å². The number of H-pyrrole nitrogens is 1. The number of aromatic nitrogens is 6. The second kappa shape index (κ2) is 7.16. The molecule has 0 aliphatic heterocycles. The van der Waals surface area contributed by atoms with Crippen molar-refractivity contribution in [1.82, 2.24) is 30.8 Å². The molecule has 136 valence electrons. The quantitative estimate of drug-likeness (QED) is 0.555. The molecule has 0 aliphatic rings. The van der Waals surface area contributed by atoms with Crippen molar-refractivity contribution in [2.24, 2.45) is 0 Å². The zero-order chi connectivity index (χ0) is 18.8. The van der Waals surface area contributed by atoms with Gasteiger partial charge >= 0.3 is 0 Å². The fourth-order valence-corrected chi connectivity index (χ4v) is 2.75. The van der Waals surface area contributed by atoms with E-state index >= 15 is 0 Å². The zero-order valence-corrected chi connectivity index (χ0v) is 15.3. The van der Waals surface area contributed by atoms with Gasteiger partial charge in [-0.3, -0.25) is 0 Å². The van der Waals surface area contributed by atoms with E-state index in [4.69, 9.17) is 20.9 Å². The minimum Gasteiger partial charge on any atom is -0.489 e. The molecule has 4 rings (SSSR count). The minimum absolute atomic E-state index is 0.0385. The number of rotatable bonds is 5. The number of halogens is 1. The second-order valence-electron chi connectivity index (χ2n) is 6.05. The number of benzene rings is 2. The Hall–Kier alpha value is -3.26. The second-order valence-corrected chi connectivity index (χ2v) is 6.46. The van der Waals surface area contributed by atoms with E-state index < -0.39 is 0 Å². The van der Waals surface area contributed by atoms with Gasteiger partial charge in [0.1, 0.15) is 5.75 Å². The molecule has 0 saturated heterocycles. The molecule has 8 nitrogen and oxygen atoms in total. The van der Waals surface area contributed by atoms with Crippen LogP contribution in [0.4, 0.5) is 0 Å². The van der Waals surface area contributed by atoms with E-state index in [0.717, 1.165) is 16.7 Å². The van der Waals surface area contributed by atoms with Crippen molar-refractivity contribution in [3.8, 4) is 40.0 Å². The summed E-state index contributed by atoms with van der Waals surface area (Å²) >= 11 is 6.29. The van der Waals surface area contributed by atoms with Crippen molar-refractivity contribution in [3.05, 3.63) is 47.5 Å². The van der Waals surface area contributed by atoms with E-state index in [1.807, 2.05) is 44.2 Å². The smallest absolute Gasteiger partial charge is 0.258 e. The third kappa shape index (κ3) is 3.65. The molecule has 4 aromatic rings. The lowest BCUT2D eigenvalue weighted by molar-refractivity contribution is 0.242. The van der Waals surface area contributed by atoms with Gasteiger partial charge in [0.25, 0.3) is 5.89 Å². The number of aromatic amines is 1. The van der Waals surface area contributed by atoms with Gasteiger partial charge in [0.15, 0.2) is 0 Å². The number of tetrazole rings is 1. The standard InChI is InChI=1S/C18H15ClN6O2/c1-10(2)26-15-7-6-12(9-14(15)19)16-20-18(27-23-16)13-5-3-4-11(8-13)17-21-24-25-22-17/h3-10H,1-2H3,(H,21,22,24,25). The van der Waals surface area contributed by atoms with Gasteiger partial charge < -0.3 is 9.26 Å². The molecule has 0 spiro atoms. The third-order valence-electron chi connectivity index (χ3n) is 3.69. The lowest BCUT2D eigenvalue weighted by Crippen LogP contribution is -2.05. The van der Waals surface area contributed by atoms with Crippen molar-refractivity contribution in [1.29, 1.82) is 0 Å². The van der Waals surface area contributed by atoms with Gasteiger partial charge in [-0.2, -0.15) is 10.2 Å². The molecule has 27 heavy (non-hydrogen) atoms. The number of nitrogens with zero attached hydrogens (tertiary/aromatic N) is 5. The van der Waals surface area contributed by atoms with Crippen LogP contribution >= 0.6 is 11.6 Å². The van der Waals surface area contributed by atoms with Gasteiger partial charge in [-0.05, 0) is 49.4 Å². The normalized spacial score (nSPS) is 11.1. The van der Waals surface area contributed by atoms with Crippen molar-refractivity contribution in [3.63, 3.8) is 0 Å². The lowest BCUT2D eigenvalue weighted by Gasteiger charge is -2.11. The summed E-state index contributed by atoms with van der Waals surface area (Å²) in [5, 5.41) is 18.5. The van der Waals surface area contributed by atoms with Crippen molar-refractivity contribution in [2.75, 3.05) is 0 Å². The Balaban J connectivity index is 1.63. The number of hydrogen-bond donors (Lipinski definition) is 1. The molecule has 0 bridgehead atoms. The van der Waals surface area contributed by atoms with Gasteiger partial charge in [0.2, 0.25) is 11.6 Å². The molecule has 2 aromatic carbocycles. The molecule has 0 amide bonds. The van der Waals surface area contributed by atoms with Crippen molar-refractivity contribution < 1.29 is 9.26 Å². The molecular weight excluding hydrogens is 368 g/mol. The largest absolute Gasteiger partial charge is 0.489 e. The highest BCUT2D eigenvalue weighted by Gasteiger charge is 2.14. The summed E-state index contributed by atoms with van der Waals surface area (Å²) in [5.74, 6) is 1.93. The molecular formula is C18H15ClN6O2. The number of ether oxygens (including phenoxy) is 1. The Morgan fingerprint density at radius 2 is 1.85 bits per heavy atom. The van der Waals surface area contributed by atoms with E-state index in [1.165, 1.54) is 0 Å². The first kappa shape index (κ1) is 17.2. The Labute approximate surface area is 159 Å². The molecule has 2 heterocycles. The summed E-state index contributed by atoms with van der Waals surface area (Å²) in [6.07, 6.45) is 0.0385. The fourth-order valence-electron chi connectivity index (χ4n) is 2.52. The Bertz CT molecular complexity index is 1060. The summed E-state index contributed by atoms with van der Waals surface area (Å²) < 4.78 is 11.1. The van der Waals surface area contributed by atoms with Crippen LogP contribution in [0.5, 0.6) is 5.75 Å². The number of nitrogens with one attached hydrogen (secondary N) is 1. The summed E-state index contributed by atoms with van der Waals surface area (Å²) in [7, 11) is 0. The maximum Gasteiger partial charge on any atom is 0.258 e. The number of hydrogen-bond acceptors (Lipinski definition) is 7. The van der Waals surface area contributed by atoms with Crippen molar-refractivity contribution in [2.45, 2.75) is 20.0 Å². The third-order valence-corrected chi connectivity index (χ3v) is 3.99. The van der Waals surface area contributed by atoms with Crippen molar-refractivity contribution >= 4 is 11.6 Å². The monoisotopic (exact) mass is 382 g/mol. The predicted molar refractivity (Wildman–Crippen MR) is 99.1 cm³/mol. The summed E-state index contributed by atoms with van der Waals surface area (Å²) in [4.78, 5) is 4.46. The molecule has 0 fully saturated rings. The molecule has 2 aromatic heterocycles. The summed E-state index contributed by atoms with van der Waals surface area (Å²) in [5.41, 5.74) is 2.28. The van der Waals surface area contributed by atoms with E-state index in [1.54, 1.807) is 12.1 Å². The van der Waals surface area contributed by atoms with Gasteiger partial charge in [0, 0.05) is 16.7 Å². The highest BCUT2D eigenvalue weighted by atomic mass is 35.5. The van der Waals surface area contributed by atoms with Gasteiger partial charge in [-0.25, -0.2) is 0 Å². The molecule has 0 aliphatic carbocycles. The predicted octanol–water partition coefficient (Wildman–Crippen LogP) is 4.02. The van der Waals surface area contributed by atoms with E-state index in [0.29, 0.717) is 28.3 Å². The molecule has 0 radical (unpaired) electrons. The van der Waals surface area contributed by atoms with Crippen LogP contribution in [0.2, 0.25) is 5.02 Å². The van der Waals surface area contributed by atoms with E-state index in [2.05, 4.69) is 30.8 Å². The Morgan fingerprint density at radius 3 is 2.59 bits per heavy atom. The molecule has 1 N–H and O–H groups in total. The SMILES string of the molecule is CC(C)Oc1ccc(-c2noc(-c3cccc(-c4nn[nH]n4)c3)n2)cc1Cl. The van der Waals surface area contributed by atoms with Crippen LogP contribution < -0.4 is 4.74 Å². The van der Waals surface area contributed by atoms with Gasteiger partial charge in [-0.15, -0.1) is 10.2 Å². The first-order chi connectivity index (χ1) is 13.1. The van der Waals surface area contributed by atoms with Gasteiger partial charge in [-0.1, -0.05) is 28.9 Å². The highest BCUT2D eigenvalue weighted by molar-refractivity contribution is 6.32. The van der Waals surface area contributed by atoms with Crippen LogP contribution in [-0.4, -0.2) is 36.9 Å². The Morgan fingerprint density at radius 1 is 1.04 bits per heavy atom. The van der Waals surface area contributed by atoms with E-state index in [9.17, 15) is 0 Å². The topological polar surface area (TPSA) is 103 Å². The van der Waals surface area contributed by atoms with Crippen LogP contribution in [0, 0.1) is 0 Å². The molecule has 9 heteroatoms. The average Bonchev–Trinajstić information content (AvgIpc) is 3.35. The molecule has 0 atom stereocenters. The first-order valence-corrected chi connectivity index (χ1v) is 8.62. The maximum atomic E-state index is 6.29. The first-order valence-electron chi connectivity index (χ1n) is 8.24. The highest BCUT2D eigenvalue weighted by Crippen LogP contribution is 2.31. The molecule has 0 saturated carbocycles. The van der Waals surface area contributed by atoms with Crippen LogP contribution in [0.3, 0.4) is 0 Å². The van der Waals surface area contributed by atoms with Crippen LogP contribution in [0.15, 0.2) is 47.0 Å². The average molecular weight is 383 g/mol. The summed E-state index contributed by atoms with van der Waals surface area (Å²) in [6, 6.07) is 12.9. The Kier molecular flexibility index (Phi) is 4.55. The lowest BCUT2D eigenvalue weighted by atomic mass is 10.1.